The summed E-state index contributed by atoms with van der Waals surface area (Å²) in [5, 5.41) is -4.32. The minimum atomic E-state index is -3.83. The lowest BCUT2D eigenvalue weighted by molar-refractivity contribution is -0.182. The average molecular weight is 226 g/mol. The highest BCUT2D eigenvalue weighted by Gasteiger charge is 2.75. The van der Waals surface area contributed by atoms with Gasteiger partial charge in [-0.1, -0.05) is 11.8 Å². The second-order valence-electron chi connectivity index (χ2n) is 4.58. The molecule has 0 amide bonds. The van der Waals surface area contributed by atoms with Crippen molar-refractivity contribution in [2.45, 2.75) is 35.7 Å². The first-order chi connectivity index (χ1) is 6.43. The van der Waals surface area contributed by atoms with Gasteiger partial charge in [0.05, 0.1) is 0 Å². The molecule has 0 aromatic rings. The summed E-state index contributed by atoms with van der Waals surface area (Å²) in [7, 11) is 0. The smallest absolute Gasteiger partial charge is 0.198 e. The maximum absolute atomic E-state index is 13.4. The molecule has 1 aliphatic heterocycles. The maximum Gasteiger partial charge on any atom is 0.356 e. The van der Waals surface area contributed by atoms with Crippen LogP contribution < -0.4 is 0 Å². The fraction of sp³-hybridized carbons (Fsp3) is 1.00. The molecule has 5 heteroatoms. The van der Waals surface area contributed by atoms with Crippen molar-refractivity contribution in [3.8, 4) is 0 Å². The molecule has 0 aromatic carbocycles. The fourth-order valence-corrected chi connectivity index (χ4v) is 4.97. The van der Waals surface area contributed by atoms with Gasteiger partial charge in [-0.2, -0.15) is 17.6 Å². The van der Waals surface area contributed by atoms with E-state index >= 15 is 0 Å². The maximum atomic E-state index is 13.4. The highest BCUT2D eigenvalue weighted by molar-refractivity contribution is 8.01. The molecule has 0 spiro atoms. The molecule has 2 bridgehead atoms. The van der Waals surface area contributed by atoms with Crippen molar-refractivity contribution >= 4 is 11.8 Å². The molecule has 4 atom stereocenters. The zero-order valence-corrected chi connectivity index (χ0v) is 8.17. The second-order valence-corrected chi connectivity index (χ2v) is 5.87. The lowest BCUT2D eigenvalue weighted by Crippen LogP contribution is -2.41. The van der Waals surface area contributed by atoms with Crippen molar-refractivity contribution in [1.82, 2.24) is 0 Å². The van der Waals surface area contributed by atoms with Gasteiger partial charge in [0.1, 0.15) is 0 Å². The molecule has 80 valence electrons. The molecule has 0 N–H and O–H groups in total. The van der Waals surface area contributed by atoms with E-state index in [9.17, 15) is 17.6 Å². The van der Waals surface area contributed by atoms with Gasteiger partial charge in [-0.25, -0.2) is 0 Å². The molecule has 3 aliphatic rings. The van der Waals surface area contributed by atoms with E-state index in [0.717, 1.165) is 19.3 Å². The number of halogens is 4. The molecule has 0 nitrogen and oxygen atoms in total. The Labute approximate surface area is 83.4 Å². The molecule has 3 fully saturated rings. The Morgan fingerprint density at radius 2 is 1.64 bits per heavy atom. The van der Waals surface area contributed by atoms with Crippen LogP contribution in [0.4, 0.5) is 17.6 Å². The molecule has 2 saturated carbocycles. The summed E-state index contributed by atoms with van der Waals surface area (Å²) >= 11 is 0.225. The topological polar surface area (TPSA) is 0 Å². The molecule has 2 aliphatic carbocycles. The lowest BCUT2D eigenvalue weighted by Gasteiger charge is -2.27. The molecule has 1 saturated heterocycles. The zero-order chi connectivity index (χ0) is 10.1. The predicted octanol–water partition coefficient (Wildman–Crippen LogP) is 3.38. The molecule has 1 heterocycles. The van der Waals surface area contributed by atoms with Crippen molar-refractivity contribution in [2.75, 3.05) is 0 Å². The summed E-state index contributed by atoms with van der Waals surface area (Å²) in [5.41, 5.74) is 0. The number of hydrogen-bond acceptors (Lipinski definition) is 1. The van der Waals surface area contributed by atoms with Gasteiger partial charge >= 0.3 is 11.2 Å². The molecule has 14 heavy (non-hydrogen) atoms. The molecule has 0 radical (unpaired) electrons. The van der Waals surface area contributed by atoms with Crippen molar-refractivity contribution in [3.63, 3.8) is 0 Å². The number of alkyl halides is 4. The third-order valence-corrected chi connectivity index (χ3v) is 5.45. The van der Waals surface area contributed by atoms with Crippen molar-refractivity contribution in [2.24, 2.45) is 17.8 Å². The predicted molar refractivity (Wildman–Crippen MR) is 45.6 cm³/mol. The van der Waals surface area contributed by atoms with Gasteiger partial charge in [0, 0.05) is 11.2 Å². The minimum absolute atomic E-state index is 0.120. The highest BCUT2D eigenvalue weighted by Crippen LogP contribution is 2.69. The zero-order valence-electron chi connectivity index (χ0n) is 7.35. The summed E-state index contributed by atoms with van der Waals surface area (Å²) in [6, 6.07) is 0. The Bertz CT molecular complexity index is 278. The van der Waals surface area contributed by atoms with Crippen LogP contribution in [0.15, 0.2) is 0 Å². The van der Waals surface area contributed by atoms with Crippen LogP contribution in [-0.4, -0.2) is 16.4 Å². The Balaban J connectivity index is 2.00. The van der Waals surface area contributed by atoms with Gasteiger partial charge in [-0.15, -0.1) is 0 Å². The van der Waals surface area contributed by atoms with Crippen LogP contribution in [0.1, 0.15) is 19.3 Å². The highest BCUT2D eigenvalue weighted by atomic mass is 32.2. The van der Waals surface area contributed by atoms with E-state index in [1.165, 1.54) is 0 Å². The van der Waals surface area contributed by atoms with Crippen LogP contribution in [0, 0.1) is 17.8 Å². The van der Waals surface area contributed by atoms with Crippen molar-refractivity contribution in [1.29, 1.82) is 0 Å². The van der Waals surface area contributed by atoms with Gasteiger partial charge in [-0.3, -0.25) is 0 Å². The molecule has 0 unspecified atom stereocenters. The first-order valence-corrected chi connectivity index (χ1v) is 5.75. The summed E-state index contributed by atoms with van der Waals surface area (Å²) in [6.07, 6.45) is 2.33. The Morgan fingerprint density at radius 3 is 2.29 bits per heavy atom. The quantitative estimate of drug-likeness (QED) is 0.570. The number of hydrogen-bond donors (Lipinski definition) is 0. The van der Waals surface area contributed by atoms with Crippen LogP contribution in [0.5, 0.6) is 0 Å². The third kappa shape index (κ3) is 0.877. The van der Waals surface area contributed by atoms with Gasteiger partial charge in [0.2, 0.25) is 0 Å². The van der Waals surface area contributed by atoms with Crippen molar-refractivity contribution < 1.29 is 17.6 Å². The lowest BCUT2D eigenvalue weighted by atomic mass is 9.84. The molecular weight excluding hydrogens is 216 g/mol. The first kappa shape index (κ1) is 9.31. The summed E-state index contributed by atoms with van der Waals surface area (Å²) in [5.74, 6) is -4.86. The van der Waals surface area contributed by atoms with E-state index in [4.69, 9.17) is 0 Å². The Kier molecular flexibility index (Phi) is 1.61. The summed E-state index contributed by atoms with van der Waals surface area (Å²) in [6.45, 7) is 0. The van der Waals surface area contributed by atoms with E-state index in [2.05, 4.69) is 0 Å². The minimum Gasteiger partial charge on any atom is -0.198 e. The fourth-order valence-electron chi connectivity index (χ4n) is 3.35. The third-order valence-electron chi connectivity index (χ3n) is 3.93. The van der Waals surface area contributed by atoms with Crippen LogP contribution in [0.3, 0.4) is 0 Å². The molecular formula is C9H10F4S. The summed E-state index contributed by atoms with van der Waals surface area (Å²) in [4.78, 5) is 0. The largest absolute Gasteiger partial charge is 0.356 e. The Morgan fingerprint density at radius 1 is 1.00 bits per heavy atom. The van der Waals surface area contributed by atoms with Gasteiger partial charge in [-0.05, 0) is 31.1 Å². The number of fused-ring (bicyclic) bond motifs is 5. The second kappa shape index (κ2) is 2.42. The van der Waals surface area contributed by atoms with E-state index in [-0.39, 0.29) is 23.6 Å². The van der Waals surface area contributed by atoms with Crippen molar-refractivity contribution in [3.05, 3.63) is 0 Å². The van der Waals surface area contributed by atoms with Crippen LogP contribution in [0.2, 0.25) is 0 Å². The van der Waals surface area contributed by atoms with Gasteiger partial charge in [0.25, 0.3) is 0 Å². The molecule has 3 rings (SSSR count). The van der Waals surface area contributed by atoms with Gasteiger partial charge in [0.15, 0.2) is 0 Å². The van der Waals surface area contributed by atoms with E-state index in [1.807, 2.05) is 0 Å². The summed E-state index contributed by atoms with van der Waals surface area (Å²) < 4.78 is 52.8. The number of thioether (sulfide) groups is 1. The molecule has 0 aromatic heterocycles. The first-order valence-electron chi connectivity index (χ1n) is 4.87. The normalized spacial score (nSPS) is 52.3. The Hall–Kier alpha value is 0.0700. The van der Waals surface area contributed by atoms with Gasteiger partial charge < -0.3 is 0 Å². The van der Waals surface area contributed by atoms with Crippen LogP contribution >= 0.6 is 11.8 Å². The van der Waals surface area contributed by atoms with E-state index < -0.39 is 22.3 Å². The average Bonchev–Trinajstić information content (AvgIpc) is 2.64. The number of rotatable bonds is 0. The monoisotopic (exact) mass is 226 g/mol. The van der Waals surface area contributed by atoms with Crippen LogP contribution in [-0.2, 0) is 0 Å². The SMILES string of the molecule is FC1(F)S[C@@H]2[C@H]3CC[C@H](C3)[C@H]2C1(F)F. The van der Waals surface area contributed by atoms with E-state index in [1.54, 1.807) is 0 Å². The standard InChI is InChI=1S/C9H10F4S/c10-8(11)6-4-1-2-5(3-4)7(6)14-9(8,12)13/h4-7H,1-3H2/t4-,5+,6-,7-/m1/s1. The van der Waals surface area contributed by atoms with E-state index in [0.29, 0.717) is 0 Å². The van der Waals surface area contributed by atoms with Crippen LogP contribution in [0.25, 0.3) is 0 Å².